The second kappa shape index (κ2) is 8.11. The number of rotatable bonds is 8. The van der Waals surface area contributed by atoms with Crippen molar-refractivity contribution in [3.05, 3.63) is 29.8 Å². The molecule has 1 rings (SSSR count). The fourth-order valence-electron chi connectivity index (χ4n) is 1.82. The Kier molecular flexibility index (Phi) is 6.80. The first-order chi connectivity index (χ1) is 9.84. The van der Waals surface area contributed by atoms with Gasteiger partial charge in [-0.1, -0.05) is 12.1 Å². The van der Waals surface area contributed by atoms with Gasteiger partial charge in [-0.05, 0) is 38.0 Å². The molecule has 0 aliphatic carbocycles. The van der Waals surface area contributed by atoms with Crippen molar-refractivity contribution in [2.75, 3.05) is 13.2 Å². The van der Waals surface area contributed by atoms with Crippen LogP contribution >= 0.6 is 0 Å². The number of ether oxygens (including phenoxy) is 1. The zero-order chi connectivity index (χ0) is 15.9. The Morgan fingerprint density at radius 1 is 1.33 bits per heavy atom. The van der Waals surface area contributed by atoms with Gasteiger partial charge in [-0.15, -0.1) is 0 Å². The molecule has 0 radical (unpaired) electrons. The minimum Gasteiger partial charge on any atom is -0.382 e. The van der Waals surface area contributed by atoms with Crippen LogP contribution in [-0.4, -0.2) is 27.5 Å². The average Bonchev–Trinajstić information content (AvgIpc) is 2.43. The smallest absolute Gasteiger partial charge is 0.238 e. The Labute approximate surface area is 125 Å². The van der Waals surface area contributed by atoms with E-state index in [2.05, 4.69) is 5.32 Å². The number of nitrogens with two attached hydrogens (primary N) is 1. The van der Waals surface area contributed by atoms with Crippen molar-refractivity contribution >= 4 is 15.9 Å². The van der Waals surface area contributed by atoms with Crippen LogP contribution in [0.2, 0.25) is 0 Å². The maximum Gasteiger partial charge on any atom is 0.238 e. The van der Waals surface area contributed by atoms with Crippen molar-refractivity contribution in [1.82, 2.24) is 5.32 Å². The number of carbonyl (C=O) groups excluding carboxylic acids is 1. The number of nitrogens with one attached hydrogen (secondary N) is 1. The molecule has 0 saturated heterocycles. The fourth-order valence-corrected chi connectivity index (χ4v) is 2.34. The van der Waals surface area contributed by atoms with Crippen molar-refractivity contribution in [3.63, 3.8) is 0 Å². The summed E-state index contributed by atoms with van der Waals surface area (Å²) >= 11 is 0. The molecule has 0 saturated carbocycles. The molecule has 6 nitrogen and oxygen atoms in total. The molecule has 0 aliphatic heterocycles. The van der Waals surface area contributed by atoms with Crippen LogP contribution in [-0.2, 0) is 19.6 Å². The number of carbonyl (C=O) groups is 1. The van der Waals surface area contributed by atoms with E-state index in [1.165, 1.54) is 12.1 Å². The van der Waals surface area contributed by atoms with E-state index in [1.807, 2.05) is 13.8 Å². The van der Waals surface area contributed by atoms with E-state index in [1.54, 1.807) is 12.1 Å². The Morgan fingerprint density at radius 2 is 1.95 bits per heavy atom. The summed E-state index contributed by atoms with van der Waals surface area (Å²) in [5.41, 5.74) is 0.820. The highest BCUT2D eigenvalue weighted by atomic mass is 32.2. The number of hydrogen-bond acceptors (Lipinski definition) is 4. The van der Waals surface area contributed by atoms with Gasteiger partial charge >= 0.3 is 0 Å². The van der Waals surface area contributed by atoms with E-state index in [-0.39, 0.29) is 16.8 Å². The molecule has 7 heteroatoms. The molecular formula is C14H22N2O4S. The molecule has 118 valence electrons. The molecule has 0 fully saturated rings. The summed E-state index contributed by atoms with van der Waals surface area (Å²) in [5.74, 6) is -0.0577. The van der Waals surface area contributed by atoms with Crippen molar-refractivity contribution < 1.29 is 17.9 Å². The van der Waals surface area contributed by atoms with E-state index < -0.39 is 10.0 Å². The summed E-state index contributed by atoms with van der Waals surface area (Å²) in [6, 6.07) is 5.96. The topological polar surface area (TPSA) is 98.5 Å². The van der Waals surface area contributed by atoms with Gasteiger partial charge in [0.2, 0.25) is 15.9 Å². The lowest BCUT2D eigenvalue weighted by atomic mass is 10.1. The van der Waals surface area contributed by atoms with Crippen LogP contribution in [0, 0.1) is 0 Å². The molecule has 0 bridgehead atoms. The lowest BCUT2D eigenvalue weighted by Gasteiger charge is -2.14. The van der Waals surface area contributed by atoms with Crippen molar-refractivity contribution in [2.24, 2.45) is 5.14 Å². The minimum absolute atomic E-state index is 0.0569. The molecular weight excluding hydrogens is 292 g/mol. The lowest BCUT2D eigenvalue weighted by molar-refractivity contribution is -0.122. The molecule has 3 N–H and O–H groups in total. The van der Waals surface area contributed by atoms with Crippen LogP contribution in [0.4, 0.5) is 0 Å². The lowest BCUT2D eigenvalue weighted by Crippen LogP contribution is -2.26. The van der Waals surface area contributed by atoms with Gasteiger partial charge in [0.05, 0.1) is 10.9 Å². The molecule has 1 aromatic carbocycles. The standard InChI is InChI=1S/C14H22N2O4S/c1-3-20-10-4-5-14(17)16-11(2)12-6-8-13(9-7-12)21(15,18)19/h6-9,11H,3-5,10H2,1-2H3,(H,16,17)(H2,15,18,19). The quantitative estimate of drug-likeness (QED) is 0.707. The second-order valence-corrected chi connectivity index (χ2v) is 6.27. The number of hydrogen-bond donors (Lipinski definition) is 2. The van der Waals surface area contributed by atoms with Crippen LogP contribution in [0.1, 0.15) is 38.3 Å². The fraction of sp³-hybridized carbons (Fsp3) is 0.500. The zero-order valence-corrected chi connectivity index (χ0v) is 13.2. The Hall–Kier alpha value is -1.44. The summed E-state index contributed by atoms with van der Waals surface area (Å²) < 4.78 is 27.5. The summed E-state index contributed by atoms with van der Waals surface area (Å²) in [5, 5.41) is 7.89. The number of amides is 1. The highest BCUT2D eigenvalue weighted by Gasteiger charge is 2.11. The SMILES string of the molecule is CCOCCCC(=O)NC(C)c1ccc(S(N)(=O)=O)cc1. The molecule has 0 heterocycles. The molecule has 1 amide bonds. The highest BCUT2D eigenvalue weighted by Crippen LogP contribution is 2.15. The molecule has 0 spiro atoms. The summed E-state index contributed by atoms with van der Waals surface area (Å²) in [6.07, 6.45) is 1.08. The molecule has 1 aromatic rings. The van der Waals surface area contributed by atoms with Crippen molar-refractivity contribution in [3.8, 4) is 0 Å². The van der Waals surface area contributed by atoms with Gasteiger partial charge in [-0.25, -0.2) is 13.6 Å². The van der Waals surface area contributed by atoms with Crippen LogP contribution in [0.5, 0.6) is 0 Å². The van der Waals surface area contributed by atoms with Gasteiger partial charge in [-0.2, -0.15) is 0 Å². The molecule has 0 aromatic heterocycles. The Bertz CT molecular complexity index is 555. The summed E-state index contributed by atoms with van der Waals surface area (Å²) in [7, 11) is -3.69. The molecule has 0 aliphatic rings. The predicted octanol–water partition coefficient (Wildman–Crippen LogP) is 1.33. The van der Waals surface area contributed by atoms with Gasteiger partial charge in [0, 0.05) is 19.6 Å². The first-order valence-electron chi connectivity index (χ1n) is 6.84. The molecule has 1 atom stereocenters. The maximum absolute atomic E-state index is 11.7. The summed E-state index contributed by atoms with van der Waals surface area (Å²) in [6.45, 7) is 4.97. The minimum atomic E-state index is -3.69. The zero-order valence-electron chi connectivity index (χ0n) is 12.3. The third kappa shape index (κ3) is 6.24. The first kappa shape index (κ1) is 17.6. The highest BCUT2D eigenvalue weighted by molar-refractivity contribution is 7.89. The normalized spacial score (nSPS) is 12.9. The monoisotopic (exact) mass is 314 g/mol. The van der Waals surface area contributed by atoms with E-state index in [0.29, 0.717) is 26.1 Å². The Morgan fingerprint density at radius 3 is 2.48 bits per heavy atom. The van der Waals surface area contributed by atoms with Crippen LogP contribution in [0.25, 0.3) is 0 Å². The van der Waals surface area contributed by atoms with Gasteiger partial charge in [0.15, 0.2) is 0 Å². The van der Waals surface area contributed by atoms with Crippen LogP contribution in [0.15, 0.2) is 29.2 Å². The molecule has 21 heavy (non-hydrogen) atoms. The molecule has 1 unspecified atom stereocenters. The third-order valence-electron chi connectivity index (χ3n) is 2.98. The second-order valence-electron chi connectivity index (χ2n) is 4.70. The number of sulfonamides is 1. The van der Waals surface area contributed by atoms with Gasteiger partial charge in [0.25, 0.3) is 0 Å². The number of primary sulfonamides is 1. The van der Waals surface area contributed by atoms with Crippen LogP contribution in [0.3, 0.4) is 0 Å². The van der Waals surface area contributed by atoms with Crippen LogP contribution < -0.4 is 10.5 Å². The van der Waals surface area contributed by atoms with Gasteiger partial charge in [0.1, 0.15) is 0 Å². The Balaban J connectivity index is 2.52. The first-order valence-corrected chi connectivity index (χ1v) is 8.39. The van der Waals surface area contributed by atoms with Gasteiger partial charge in [-0.3, -0.25) is 4.79 Å². The van der Waals surface area contributed by atoms with Crippen molar-refractivity contribution in [1.29, 1.82) is 0 Å². The average molecular weight is 314 g/mol. The largest absolute Gasteiger partial charge is 0.382 e. The predicted molar refractivity (Wildman–Crippen MR) is 80.1 cm³/mol. The maximum atomic E-state index is 11.7. The third-order valence-corrected chi connectivity index (χ3v) is 3.91. The van der Waals surface area contributed by atoms with E-state index >= 15 is 0 Å². The van der Waals surface area contributed by atoms with Gasteiger partial charge < -0.3 is 10.1 Å². The van der Waals surface area contributed by atoms with E-state index in [9.17, 15) is 13.2 Å². The van der Waals surface area contributed by atoms with E-state index in [4.69, 9.17) is 9.88 Å². The number of benzene rings is 1. The van der Waals surface area contributed by atoms with E-state index in [0.717, 1.165) is 5.56 Å². The summed E-state index contributed by atoms with van der Waals surface area (Å²) in [4.78, 5) is 11.8. The van der Waals surface area contributed by atoms with Crippen molar-refractivity contribution in [2.45, 2.75) is 37.6 Å².